The van der Waals surface area contributed by atoms with E-state index in [0.717, 1.165) is 0 Å². The van der Waals surface area contributed by atoms with Gasteiger partial charge in [0.25, 0.3) is 0 Å². The summed E-state index contributed by atoms with van der Waals surface area (Å²) in [6, 6.07) is 0. The van der Waals surface area contributed by atoms with Crippen molar-refractivity contribution in [2.24, 2.45) is 29.1 Å². The number of carboxylic acid groups (broad SMARTS) is 1. The molecule has 11 heteroatoms. The minimum Gasteiger partial charge on any atom is -0.481 e. The third-order valence-electron chi connectivity index (χ3n) is 8.17. The molecule has 0 spiro atoms. The van der Waals surface area contributed by atoms with Gasteiger partial charge < -0.3 is 44.8 Å². The van der Waals surface area contributed by atoms with Gasteiger partial charge in [0.2, 0.25) is 0 Å². The molecule has 0 aromatic rings. The van der Waals surface area contributed by atoms with Gasteiger partial charge in [-0.1, -0.05) is 6.92 Å². The Kier molecular flexibility index (Phi) is 5.85. The number of rotatable bonds is 5. The predicted molar refractivity (Wildman–Crippen MR) is 104 cm³/mol. The van der Waals surface area contributed by atoms with Crippen molar-refractivity contribution in [2.75, 3.05) is 6.61 Å². The highest BCUT2D eigenvalue weighted by molar-refractivity contribution is 5.78. The lowest BCUT2D eigenvalue weighted by molar-refractivity contribution is -0.335. The molecule has 4 fully saturated rings. The second-order valence-corrected chi connectivity index (χ2v) is 10.3. The molecule has 0 amide bonds. The van der Waals surface area contributed by atoms with Crippen LogP contribution >= 0.6 is 0 Å². The van der Waals surface area contributed by atoms with Crippen molar-refractivity contribution in [3.63, 3.8) is 0 Å². The van der Waals surface area contributed by atoms with E-state index in [2.05, 4.69) is 0 Å². The number of aliphatic hydroxyl groups excluding tert-OH is 4. The number of carboxylic acids is 1. The van der Waals surface area contributed by atoms with Crippen molar-refractivity contribution in [1.82, 2.24) is 0 Å². The number of carbonyl (C=O) groups excluding carboxylic acids is 1. The quantitative estimate of drug-likeness (QED) is 0.255. The maximum absolute atomic E-state index is 12.8. The number of carbonyl (C=O) groups is 2. The Hall–Kier alpha value is -1.34. The maximum atomic E-state index is 12.8. The summed E-state index contributed by atoms with van der Waals surface area (Å²) in [5, 5.41) is 61.0. The SMILES string of the molecule is CC(C)(O)[C@H]1[C@@H]2OC(=O)[C@H]1[C@H]1CC[C@H](C(=O)O)[C@@]1(C)[C@H]2O[C@@H]1O[C@@H](CO)[C@@H](O)[C@H](O)[C@@H]1O. The molecule has 0 unspecified atom stereocenters. The molecule has 2 heterocycles. The molecule has 4 aliphatic rings. The summed E-state index contributed by atoms with van der Waals surface area (Å²) in [6.45, 7) is 4.16. The van der Waals surface area contributed by atoms with Crippen molar-refractivity contribution < 1.29 is 54.4 Å². The lowest BCUT2D eigenvalue weighted by Crippen LogP contribution is -2.65. The fourth-order valence-corrected chi connectivity index (χ4v) is 6.64. The van der Waals surface area contributed by atoms with Gasteiger partial charge >= 0.3 is 11.9 Å². The first-order valence-electron chi connectivity index (χ1n) is 11.0. The zero-order chi connectivity index (χ0) is 23.7. The van der Waals surface area contributed by atoms with Crippen LogP contribution in [0.15, 0.2) is 0 Å². The Bertz CT molecular complexity index is 763. The minimum atomic E-state index is -1.70. The van der Waals surface area contributed by atoms with Crippen LogP contribution in [0.1, 0.15) is 33.6 Å². The molecular weight excluding hydrogens is 428 g/mol. The Morgan fingerprint density at radius 2 is 1.84 bits per heavy atom. The molecule has 2 aliphatic heterocycles. The van der Waals surface area contributed by atoms with E-state index in [0.29, 0.717) is 12.8 Å². The summed E-state index contributed by atoms with van der Waals surface area (Å²) in [6.07, 6.45) is -9.08. The molecule has 32 heavy (non-hydrogen) atoms. The highest BCUT2D eigenvalue weighted by atomic mass is 16.7. The van der Waals surface area contributed by atoms with Crippen LogP contribution in [0.5, 0.6) is 0 Å². The first-order valence-corrected chi connectivity index (χ1v) is 11.0. The molecule has 2 aliphatic carbocycles. The monoisotopic (exact) mass is 460 g/mol. The van der Waals surface area contributed by atoms with E-state index in [-0.39, 0.29) is 0 Å². The topological polar surface area (TPSA) is 183 Å². The highest BCUT2D eigenvalue weighted by Crippen LogP contribution is 2.64. The largest absolute Gasteiger partial charge is 0.481 e. The molecule has 11 nitrogen and oxygen atoms in total. The molecule has 0 radical (unpaired) electrons. The minimum absolute atomic E-state index is 0.306. The zero-order valence-electron chi connectivity index (χ0n) is 18.2. The van der Waals surface area contributed by atoms with Crippen LogP contribution in [-0.4, -0.2) is 97.7 Å². The second-order valence-electron chi connectivity index (χ2n) is 10.3. The van der Waals surface area contributed by atoms with E-state index >= 15 is 0 Å². The predicted octanol–water partition coefficient (Wildman–Crippen LogP) is -1.77. The van der Waals surface area contributed by atoms with E-state index in [9.17, 15) is 40.2 Å². The van der Waals surface area contributed by atoms with E-state index in [4.69, 9.17) is 14.2 Å². The van der Waals surface area contributed by atoms with Crippen LogP contribution in [0.3, 0.4) is 0 Å². The maximum Gasteiger partial charge on any atom is 0.310 e. The summed E-state index contributed by atoms with van der Waals surface area (Å²) in [5.74, 6) is -4.29. The molecule has 6 N–H and O–H groups in total. The summed E-state index contributed by atoms with van der Waals surface area (Å²) in [4.78, 5) is 25.0. The molecule has 2 bridgehead atoms. The van der Waals surface area contributed by atoms with Crippen molar-refractivity contribution in [1.29, 1.82) is 0 Å². The third-order valence-corrected chi connectivity index (χ3v) is 8.17. The molecule has 2 saturated heterocycles. The zero-order valence-corrected chi connectivity index (χ0v) is 18.2. The number of hydrogen-bond donors (Lipinski definition) is 6. The van der Waals surface area contributed by atoms with E-state index in [1.165, 1.54) is 0 Å². The number of aliphatic hydroxyl groups is 5. The average Bonchev–Trinajstić information content (AvgIpc) is 3.21. The Morgan fingerprint density at radius 1 is 1.19 bits per heavy atom. The van der Waals surface area contributed by atoms with Crippen molar-refractivity contribution in [3.8, 4) is 0 Å². The van der Waals surface area contributed by atoms with Crippen molar-refractivity contribution in [2.45, 2.75) is 82.1 Å². The summed E-state index contributed by atoms with van der Waals surface area (Å²) < 4.78 is 17.2. The standard InChI is InChI=1S/C21H32O11/c1-20(2,29)11-10-7-4-5-8(17(26)27)21(7,3)16(15(11)31-18(10)28)32-19-14(25)13(24)12(23)9(6-22)30-19/h7-16,19,22-25,29H,4-6H2,1-3H3,(H,26,27)/t7-,8-,9+,10+,11-,12-,13+,14+,15+,16+,19+,21+/m1/s1. The van der Waals surface area contributed by atoms with Gasteiger partial charge in [-0.15, -0.1) is 0 Å². The van der Waals surface area contributed by atoms with Gasteiger partial charge in [-0.2, -0.15) is 0 Å². The molecule has 12 atom stereocenters. The van der Waals surface area contributed by atoms with Gasteiger partial charge in [0.15, 0.2) is 6.29 Å². The lowest BCUT2D eigenvalue weighted by atomic mass is 9.54. The molecule has 0 aromatic heterocycles. The van der Waals surface area contributed by atoms with E-state index in [1.54, 1.807) is 20.8 Å². The number of fused-ring (bicyclic) bond motifs is 4. The smallest absolute Gasteiger partial charge is 0.310 e. The van der Waals surface area contributed by atoms with Crippen LogP contribution in [0.2, 0.25) is 0 Å². The lowest BCUT2D eigenvalue weighted by Gasteiger charge is -2.53. The Morgan fingerprint density at radius 3 is 2.41 bits per heavy atom. The van der Waals surface area contributed by atoms with Crippen molar-refractivity contribution >= 4 is 11.9 Å². The molecular formula is C21H32O11. The normalized spacial score (nSPS) is 50.8. The number of ether oxygens (including phenoxy) is 3. The molecule has 4 rings (SSSR count). The number of esters is 1. The van der Waals surface area contributed by atoms with Gasteiger partial charge in [-0.3, -0.25) is 9.59 Å². The fraction of sp³-hybridized carbons (Fsp3) is 0.905. The number of aliphatic carboxylic acids is 1. The third kappa shape index (κ3) is 3.29. The van der Waals surface area contributed by atoms with Gasteiger partial charge in [-0.05, 0) is 32.6 Å². The Labute approximate surface area is 184 Å². The first-order chi connectivity index (χ1) is 14.8. The van der Waals surface area contributed by atoms with Crippen LogP contribution in [0, 0.1) is 29.1 Å². The average molecular weight is 460 g/mol. The molecule has 0 aromatic carbocycles. The van der Waals surface area contributed by atoms with Gasteiger partial charge in [0.1, 0.15) is 36.6 Å². The van der Waals surface area contributed by atoms with Crippen molar-refractivity contribution in [3.05, 3.63) is 0 Å². The molecule has 182 valence electrons. The second kappa shape index (κ2) is 7.86. The highest BCUT2D eigenvalue weighted by Gasteiger charge is 2.72. The Balaban J connectivity index is 1.75. The van der Waals surface area contributed by atoms with Crippen LogP contribution in [0.4, 0.5) is 0 Å². The van der Waals surface area contributed by atoms with Crippen LogP contribution in [-0.2, 0) is 23.8 Å². The van der Waals surface area contributed by atoms with E-state index < -0.39 is 96.1 Å². The fourth-order valence-electron chi connectivity index (χ4n) is 6.64. The van der Waals surface area contributed by atoms with Gasteiger partial charge in [0.05, 0.1) is 24.0 Å². The summed E-state index contributed by atoms with van der Waals surface area (Å²) in [5.41, 5.74) is -2.44. The van der Waals surface area contributed by atoms with Crippen LogP contribution < -0.4 is 0 Å². The van der Waals surface area contributed by atoms with E-state index in [1.807, 2.05) is 0 Å². The number of hydrogen-bond acceptors (Lipinski definition) is 10. The van der Waals surface area contributed by atoms with Crippen LogP contribution in [0.25, 0.3) is 0 Å². The van der Waals surface area contributed by atoms with Gasteiger partial charge in [-0.25, -0.2) is 0 Å². The summed E-state index contributed by atoms with van der Waals surface area (Å²) in [7, 11) is 0. The summed E-state index contributed by atoms with van der Waals surface area (Å²) >= 11 is 0. The molecule has 2 saturated carbocycles. The van der Waals surface area contributed by atoms with Gasteiger partial charge in [0, 0.05) is 11.3 Å². The first kappa shape index (κ1) is 23.8.